The second-order valence-corrected chi connectivity index (χ2v) is 4.26. The number of carboxylic acids is 1. The third-order valence-corrected chi connectivity index (χ3v) is 2.94. The van der Waals surface area contributed by atoms with Gasteiger partial charge in [-0.15, -0.1) is 0 Å². The summed E-state index contributed by atoms with van der Waals surface area (Å²) in [5, 5.41) is 17.4. The zero-order valence-corrected chi connectivity index (χ0v) is 10.9. The summed E-state index contributed by atoms with van der Waals surface area (Å²) in [6.07, 6.45) is -0.677. The Labute approximate surface area is 111 Å². The predicted molar refractivity (Wildman–Crippen MR) is 64.2 cm³/mol. The summed E-state index contributed by atoms with van der Waals surface area (Å²) in [5.41, 5.74) is 0. The second kappa shape index (κ2) is 7.71. The molecule has 1 amide bonds. The zero-order valence-electron chi connectivity index (χ0n) is 10.9. The fraction of sp³-hybridized carbons (Fsp3) is 0.750. The van der Waals surface area contributed by atoms with Crippen LogP contribution in [0.2, 0.25) is 0 Å². The van der Waals surface area contributed by atoms with Crippen molar-refractivity contribution >= 4 is 11.9 Å². The molecule has 0 bridgehead atoms. The first-order valence-corrected chi connectivity index (χ1v) is 6.13. The van der Waals surface area contributed by atoms with Gasteiger partial charge >= 0.3 is 5.97 Å². The van der Waals surface area contributed by atoms with Crippen LogP contribution in [-0.4, -0.2) is 60.9 Å². The van der Waals surface area contributed by atoms with E-state index in [4.69, 9.17) is 19.8 Å². The van der Waals surface area contributed by atoms with E-state index >= 15 is 0 Å². The molecule has 19 heavy (non-hydrogen) atoms. The van der Waals surface area contributed by atoms with E-state index in [9.17, 15) is 9.59 Å². The van der Waals surface area contributed by atoms with E-state index in [1.165, 1.54) is 12.0 Å². The van der Waals surface area contributed by atoms with Crippen molar-refractivity contribution in [2.75, 3.05) is 26.8 Å². The lowest BCUT2D eigenvalue weighted by Crippen LogP contribution is -2.42. The summed E-state index contributed by atoms with van der Waals surface area (Å²) in [6.45, 7) is 1.04. The number of aliphatic carboxylic acids is 1. The molecule has 1 aliphatic heterocycles. The Morgan fingerprint density at radius 2 is 2.11 bits per heavy atom. The summed E-state index contributed by atoms with van der Waals surface area (Å²) in [7, 11) is 1.53. The molecule has 106 valence electrons. The van der Waals surface area contributed by atoms with Crippen molar-refractivity contribution < 1.29 is 24.2 Å². The standard InChI is InChI=1S/C12H18N2O5/c1-18-8-7-14(6-2-5-13)11(15)9-3-4-10(19-9)12(16)17/h9-10H,2-4,6-8H2,1H3,(H,16,17)/t9-,10+/m0/s1. The average Bonchev–Trinajstić information content (AvgIpc) is 2.88. The monoisotopic (exact) mass is 270 g/mol. The molecule has 2 atom stereocenters. The SMILES string of the molecule is COCCN(CCC#N)C(=O)[C@@H]1CC[C@H](C(=O)O)O1. The van der Waals surface area contributed by atoms with E-state index in [-0.39, 0.29) is 12.3 Å². The number of nitriles is 1. The Morgan fingerprint density at radius 3 is 2.63 bits per heavy atom. The smallest absolute Gasteiger partial charge is 0.332 e. The molecule has 0 radical (unpaired) electrons. The van der Waals surface area contributed by atoms with Crippen molar-refractivity contribution in [2.24, 2.45) is 0 Å². The molecule has 0 aromatic heterocycles. The number of amides is 1. The van der Waals surface area contributed by atoms with Crippen LogP contribution < -0.4 is 0 Å². The Balaban J connectivity index is 2.56. The molecule has 0 saturated carbocycles. The van der Waals surface area contributed by atoms with Gasteiger partial charge in [-0.1, -0.05) is 0 Å². The van der Waals surface area contributed by atoms with Crippen LogP contribution in [-0.2, 0) is 19.1 Å². The predicted octanol–water partition coefficient (Wildman–Crippen LogP) is 0.00728. The van der Waals surface area contributed by atoms with Gasteiger partial charge < -0.3 is 19.5 Å². The Bertz CT molecular complexity index is 366. The van der Waals surface area contributed by atoms with E-state index < -0.39 is 18.2 Å². The number of ether oxygens (including phenoxy) is 2. The maximum Gasteiger partial charge on any atom is 0.332 e. The fourth-order valence-electron chi connectivity index (χ4n) is 1.92. The molecule has 1 rings (SSSR count). The van der Waals surface area contributed by atoms with Crippen LogP contribution in [0.5, 0.6) is 0 Å². The molecule has 1 N–H and O–H groups in total. The zero-order chi connectivity index (χ0) is 14.3. The summed E-state index contributed by atoms with van der Waals surface area (Å²) >= 11 is 0. The highest BCUT2D eigenvalue weighted by Crippen LogP contribution is 2.21. The van der Waals surface area contributed by atoms with Gasteiger partial charge in [-0.3, -0.25) is 4.79 Å². The first kappa shape index (κ1) is 15.4. The van der Waals surface area contributed by atoms with Crippen LogP contribution in [0.1, 0.15) is 19.3 Å². The minimum atomic E-state index is -1.05. The lowest BCUT2D eigenvalue weighted by Gasteiger charge is -2.24. The first-order chi connectivity index (χ1) is 9.10. The van der Waals surface area contributed by atoms with E-state index in [1.807, 2.05) is 6.07 Å². The third-order valence-electron chi connectivity index (χ3n) is 2.94. The van der Waals surface area contributed by atoms with Crippen molar-refractivity contribution in [3.63, 3.8) is 0 Å². The highest BCUT2D eigenvalue weighted by molar-refractivity contribution is 5.82. The number of carbonyl (C=O) groups excluding carboxylic acids is 1. The average molecular weight is 270 g/mol. The van der Waals surface area contributed by atoms with E-state index in [1.54, 1.807) is 0 Å². The second-order valence-electron chi connectivity index (χ2n) is 4.26. The molecular weight excluding hydrogens is 252 g/mol. The highest BCUT2D eigenvalue weighted by Gasteiger charge is 2.36. The Hall–Kier alpha value is -1.65. The summed E-state index contributed by atoms with van der Waals surface area (Å²) in [4.78, 5) is 24.4. The molecule has 0 unspecified atom stereocenters. The lowest BCUT2D eigenvalue weighted by atomic mass is 10.1. The van der Waals surface area contributed by atoms with Gasteiger partial charge in [0, 0.05) is 20.2 Å². The van der Waals surface area contributed by atoms with Crippen molar-refractivity contribution in [1.82, 2.24) is 4.90 Å². The first-order valence-electron chi connectivity index (χ1n) is 6.13. The van der Waals surface area contributed by atoms with Crippen LogP contribution >= 0.6 is 0 Å². The van der Waals surface area contributed by atoms with Crippen molar-refractivity contribution in [3.05, 3.63) is 0 Å². The van der Waals surface area contributed by atoms with Crippen LogP contribution in [0.25, 0.3) is 0 Å². The van der Waals surface area contributed by atoms with Gasteiger partial charge in [0.05, 0.1) is 19.1 Å². The maximum atomic E-state index is 12.2. The lowest BCUT2D eigenvalue weighted by molar-refractivity contribution is -0.155. The van der Waals surface area contributed by atoms with Gasteiger partial charge in [0.25, 0.3) is 5.91 Å². The molecule has 1 heterocycles. The number of nitrogens with zero attached hydrogens (tertiary/aromatic N) is 2. The molecule has 0 aromatic rings. The van der Waals surface area contributed by atoms with Crippen molar-refractivity contribution in [1.29, 1.82) is 5.26 Å². The molecule has 0 aromatic carbocycles. The van der Waals surface area contributed by atoms with Gasteiger partial charge in [0.2, 0.25) is 0 Å². The number of hydrogen-bond donors (Lipinski definition) is 1. The van der Waals surface area contributed by atoms with Gasteiger partial charge in [0.15, 0.2) is 6.10 Å². The highest BCUT2D eigenvalue weighted by atomic mass is 16.5. The molecule has 1 fully saturated rings. The van der Waals surface area contributed by atoms with Crippen LogP contribution in [0.15, 0.2) is 0 Å². The Kier molecular flexibility index (Phi) is 6.25. The van der Waals surface area contributed by atoms with E-state index in [0.717, 1.165) is 0 Å². The van der Waals surface area contributed by atoms with Crippen LogP contribution in [0, 0.1) is 11.3 Å². The Morgan fingerprint density at radius 1 is 1.42 bits per heavy atom. The van der Waals surface area contributed by atoms with Gasteiger partial charge in [-0.2, -0.15) is 5.26 Å². The molecule has 1 saturated heterocycles. The van der Waals surface area contributed by atoms with Gasteiger partial charge in [0.1, 0.15) is 6.10 Å². The summed E-state index contributed by atoms with van der Waals surface area (Å²) in [6, 6.07) is 1.98. The molecular formula is C12H18N2O5. The number of methoxy groups -OCH3 is 1. The largest absolute Gasteiger partial charge is 0.479 e. The molecule has 7 nitrogen and oxygen atoms in total. The fourth-order valence-corrected chi connectivity index (χ4v) is 1.92. The van der Waals surface area contributed by atoms with Crippen molar-refractivity contribution in [3.8, 4) is 6.07 Å². The summed E-state index contributed by atoms with van der Waals surface area (Å²) < 4.78 is 10.1. The summed E-state index contributed by atoms with van der Waals surface area (Å²) in [5.74, 6) is -1.31. The van der Waals surface area contributed by atoms with Crippen LogP contribution in [0.4, 0.5) is 0 Å². The normalized spacial score (nSPS) is 21.9. The maximum absolute atomic E-state index is 12.2. The number of carbonyl (C=O) groups is 2. The van der Waals surface area contributed by atoms with Gasteiger partial charge in [-0.25, -0.2) is 4.79 Å². The molecule has 1 aliphatic rings. The minimum Gasteiger partial charge on any atom is -0.479 e. The van der Waals surface area contributed by atoms with Crippen molar-refractivity contribution in [2.45, 2.75) is 31.5 Å². The number of rotatable bonds is 7. The number of hydrogen-bond acceptors (Lipinski definition) is 5. The molecule has 7 heteroatoms. The number of carboxylic acid groups (broad SMARTS) is 1. The molecule has 0 aliphatic carbocycles. The quantitative estimate of drug-likeness (QED) is 0.699. The third kappa shape index (κ3) is 4.50. The van der Waals surface area contributed by atoms with E-state index in [0.29, 0.717) is 32.5 Å². The van der Waals surface area contributed by atoms with E-state index in [2.05, 4.69) is 0 Å². The van der Waals surface area contributed by atoms with Gasteiger partial charge in [-0.05, 0) is 12.8 Å². The minimum absolute atomic E-state index is 0.227. The topological polar surface area (TPSA) is 99.9 Å². The molecule has 0 spiro atoms. The van der Waals surface area contributed by atoms with Crippen LogP contribution in [0.3, 0.4) is 0 Å².